The SMILES string of the molecule is COc1ccc(/C(O)=C2\C(=O)C(=O)N(CCCN(C)C)C2c2ccccc2)cc1OC. The Hall–Kier alpha value is -3.32. The Morgan fingerprint density at radius 3 is 2.32 bits per heavy atom. The number of rotatable bonds is 8. The zero-order valence-electron chi connectivity index (χ0n) is 18.3. The number of amides is 1. The smallest absolute Gasteiger partial charge is 0.295 e. The van der Waals surface area contributed by atoms with E-state index in [-0.39, 0.29) is 11.3 Å². The molecule has 31 heavy (non-hydrogen) atoms. The van der Waals surface area contributed by atoms with E-state index in [9.17, 15) is 14.7 Å². The standard InChI is InChI=1S/C24H28N2O5/c1-25(2)13-8-14-26-21(16-9-6-5-7-10-16)20(23(28)24(26)29)22(27)17-11-12-18(30-3)19(15-17)31-4/h5-7,9-12,15,21,27H,8,13-14H2,1-4H3/b22-20+. The normalized spacial score (nSPS) is 18.0. The molecule has 1 saturated heterocycles. The Balaban J connectivity index is 2.09. The number of nitrogens with zero attached hydrogens (tertiary/aromatic N) is 2. The summed E-state index contributed by atoms with van der Waals surface area (Å²) in [5.74, 6) is -0.602. The topological polar surface area (TPSA) is 79.3 Å². The molecule has 3 rings (SSSR count). The highest BCUT2D eigenvalue weighted by Gasteiger charge is 2.45. The van der Waals surface area contributed by atoms with Crippen LogP contribution in [0.2, 0.25) is 0 Å². The molecule has 1 heterocycles. The summed E-state index contributed by atoms with van der Waals surface area (Å²) in [6.07, 6.45) is 0.708. The van der Waals surface area contributed by atoms with Gasteiger partial charge in [-0.05, 0) is 50.8 Å². The average Bonchev–Trinajstić information content (AvgIpc) is 3.03. The molecule has 1 aliphatic heterocycles. The molecule has 0 aromatic heterocycles. The molecule has 1 N–H and O–H groups in total. The molecule has 0 aliphatic carbocycles. The van der Waals surface area contributed by atoms with E-state index in [4.69, 9.17) is 9.47 Å². The molecule has 0 spiro atoms. The Labute approximate surface area is 182 Å². The number of carbonyl (C=O) groups excluding carboxylic acids is 2. The number of aliphatic hydroxyl groups excluding tert-OH is 1. The Bertz CT molecular complexity index is 985. The van der Waals surface area contributed by atoms with Crippen LogP contribution in [0.15, 0.2) is 54.1 Å². The van der Waals surface area contributed by atoms with Gasteiger partial charge < -0.3 is 24.4 Å². The van der Waals surface area contributed by atoms with E-state index >= 15 is 0 Å². The van der Waals surface area contributed by atoms with Gasteiger partial charge in [-0.3, -0.25) is 9.59 Å². The number of hydrogen-bond acceptors (Lipinski definition) is 6. The van der Waals surface area contributed by atoms with Crippen molar-refractivity contribution in [3.8, 4) is 11.5 Å². The van der Waals surface area contributed by atoms with Crippen molar-refractivity contribution in [1.29, 1.82) is 0 Å². The van der Waals surface area contributed by atoms with E-state index in [1.165, 1.54) is 14.2 Å². The molecule has 164 valence electrons. The van der Waals surface area contributed by atoms with Crippen molar-refractivity contribution in [2.24, 2.45) is 0 Å². The van der Waals surface area contributed by atoms with Gasteiger partial charge in [-0.2, -0.15) is 0 Å². The van der Waals surface area contributed by atoms with E-state index in [1.807, 2.05) is 49.3 Å². The molecule has 2 aromatic carbocycles. The minimum Gasteiger partial charge on any atom is -0.507 e. The first-order valence-corrected chi connectivity index (χ1v) is 10.1. The summed E-state index contributed by atoms with van der Waals surface area (Å²) in [6.45, 7) is 1.19. The van der Waals surface area contributed by atoms with Crippen molar-refractivity contribution < 1.29 is 24.2 Å². The van der Waals surface area contributed by atoms with Gasteiger partial charge in [0.2, 0.25) is 0 Å². The molecular weight excluding hydrogens is 396 g/mol. The second kappa shape index (κ2) is 9.66. The fourth-order valence-corrected chi connectivity index (χ4v) is 3.79. The van der Waals surface area contributed by atoms with E-state index in [2.05, 4.69) is 0 Å². The zero-order valence-corrected chi connectivity index (χ0v) is 18.3. The van der Waals surface area contributed by atoms with Crippen molar-refractivity contribution in [1.82, 2.24) is 9.80 Å². The third-order valence-electron chi connectivity index (χ3n) is 5.32. The van der Waals surface area contributed by atoms with Crippen LogP contribution in [0.25, 0.3) is 5.76 Å². The van der Waals surface area contributed by atoms with Gasteiger partial charge in [0, 0.05) is 12.1 Å². The lowest BCUT2D eigenvalue weighted by atomic mass is 9.95. The van der Waals surface area contributed by atoms with Crippen molar-refractivity contribution in [2.75, 3.05) is 41.4 Å². The van der Waals surface area contributed by atoms with E-state index in [0.29, 0.717) is 30.0 Å². The quantitative estimate of drug-likeness (QED) is 0.399. The largest absolute Gasteiger partial charge is 0.507 e. The predicted molar refractivity (Wildman–Crippen MR) is 118 cm³/mol. The fraction of sp³-hybridized carbons (Fsp3) is 0.333. The third kappa shape index (κ3) is 4.56. The number of ether oxygens (including phenoxy) is 2. The summed E-state index contributed by atoms with van der Waals surface area (Å²) < 4.78 is 10.6. The highest BCUT2D eigenvalue weighted by Crippen LogP contribution is 2.40. The Kier molecular flexibility index (Phi) is 6.97. The van der Waals surface area contributed by atoms with Crippen LogP contribution in [-0.2, 0) is 9.59 Å². The number of aliphatic hydroxyl groups is 1. The van der Waals surface area contributed by atoms with Crippen LogP contribution in [0.5, 0.6) is 11.5 Å². The molecule has 7 heteroatoms. The second-order valence-electron chi connectivity index (χ2n) is 7.63. The number of ketones is 1. The molecule has 0 bridgehead atoms. The minimum atomic E-state index is -0.689. The van der Waals surface area contributed by atoms with Gasteiger partial charge in [-0.15, -0.1) is 0 Å². The molecular formula is C24H28N2O5. The Morgan fingerprint density at radius 1 is 1.03 bits per heavy atom. The van der Waals surface area contributed by atoms with Crippen molar-refractivity contribution >= 4 is 17.4 Å². The first-order chi connectivity index (χ1) is 14.9. The first kappa shape index (κ1) is 22.4. The van der Waals surface area contributed by atoms with Crippen LogP contribution in [0, 0.1) is 0 Å². The van der Waals surface area contributed by atoms with Gasteiger partial charge in [0.25, 0.3) is 11.7 Å². The van der Waals surface area contributed by atoms with Crippen molar-refractivity contribution in [3.05, 3.63) is 65.2 Å². The van der Waals surface area contributed by atoms with Gasteiger partial charge in [-0.1, -0.05) is 30.3 Å². The van der Waals surface area contributed by atoms with Crippen LogP contribution in [-0.4, -0.2) is 68.0 Å². The molecule has 1 fully saturated rings. The molecule has 2 aromatic rings. The molecule has 1 amide bonds. The van der Waals surface area contributed by atoms with Crippen molar-refractivity contribution in [2.45, 2.75) is 12.5 Å². The number of hydrogen-bond donors (Lipinski definition) is 1. The molecule has 1 aliphatic rings. The summed E-state index contributed by atoms with van der Waals surface area (Å²) in [5.41, 5.74) is 1.23. The lowest BCUT2D eigenvalue weighted by Crippen LogP contribution is -2.32. The maximum Gasteiger partial charge on any atom is 0.295 e. The third-order valence-corrected chi connectivity index (χ3v) is 5.32. The maximum atomic E-state index is 13.0. The van der Waals surface area contributed by atoms with Gasteiger partial charge >= 0.3 is 0 Å². The molecule has 7 nitrogen and oxygen atoms in total. The summed E-state index contributed by atoms with van der Waals surface area (Å²) >= 11 is 0. The van der Waals surface area contributed by atoms with E-state index < -0.39 is 17.7 Å². The van der Waals surface area contributed by atoms with Crippen LogP contribution in [0.3, 0.4) is 0 Å². The predicted octanol–water partition coefficient (Wildman–Crippen LogP) is 3.08. The number of benzene rings is 2. The highest BCUT2D eigenvalue weighted by molar-refractivity contribution is 6.46. The monoisotopic (exact) mass is 424 g/mol. The van der Waals surface area contributed by atoms with Crippen molar-refractivity contribution in [3.63, 3.8) is 0 Å². The van der Waals surface area contributed by atoms with Crippen LogP contribution >= 0.6 is 0 Å². The summed E-state index contributed by atoms with van der Waals surface area (Å²) in [6, 6.07) is 13.5. The maximum absolute atomic E-state index is 13.0. The zero-order chi connectivity index (χ0) is 22.5. The highest BCUT2D eigenvalue weighted by atomic mass is 16.5. The summed E-state index contributed by atoms with van der Waals surface area (Å²) in [7, 11) is 6.93. The van der Waals surface area contributed by atoms with Gasteiger partial charge in [0.1, 0.15) is 5.76 Å². The fourth-order valence-electron chi connectivity index (χ4n) is 3.79. The molecule has 1 unspecified atom stereocenters. The van der Waals surface area contributed by atoms with Crippen LogP contribution in [0.4, 0.5) is 0 Å². The number of Topliss-reactive ketones (excluding diaryl/α,β-unsaturated/α-hetero) is 1. The Morgan fingerprint density at radius 2 is 1.71 bits per heavy atom. The van der Waals surface area contributed by atoms with Gasteiger partial charge in [0.05, 0.1) is 25.8 Å². The van der Waals surface area contributed by atoms with E-state index in [0.717, 1.165) is 12.1 Å². The van der Waals surface area contributed by atoms with Crippen LogP contribution < -0.4 is 9.47 Å². The number of carbonyl (C=O) groups is 2. The average molecular weight is 424 g/mol. The van der Waals surface area contributed by atoms with E-state index in [1.54, 1.807) is 23.1 Å². The minimum absolute atomic E-state index is 0.0771. The molecule has 1 atom stereocenters. The summed E-state index contributed by atoms with van der Waals surface area (Å²) in [5, 5.41) is 11.1. The van der Waals surface area contributed by atoms with Crippen LogP contribution in [0.1, 0.15) is 23.6 Å². The lowest BCUT2D eigenvalue weighted by molar-refractivity contribution is -0.139. The van der Waals surface area contributed by atoms with Gasteiger partial charge in [-0.25, -0.2) is 0 Å². The second-order valence-corrected chi connectivity index (χ2v) is 7.63. The summed E-state index contributed by atoms with van der Waals surface area (Å²) in [4.78, 5) is 29.5. The molecule has 0 saturated carbocycles. The molecule has 0 radical (unpaired) electrons. The number of methoxy groups -OCH3 is 2. The first-order valence-electron chi connectivity index (χ1n) is 10.1. The van der Waals surface area contributed by atoms with Gasteiger partial charge in [0.15, 0.2) is 11.5 Å². The number of likely N-dealkylation sites (tertiary alicyclic amines) is 1. The lowest BCUT2D eigenvalue weighted by Gasteiger charge is -2.26.